The highest BCUT2D eigenvalue weighted by molar-refractivity contribution is 5.90. The lowest BCUT2D eigenvalue weighted by molar-refractivity contribution is -0.362. The molecular formula is C92H121NO22. The summed E-state index contributed by atoms with van der Waals surface area (Å²) in [5, 5.41) is 10.1. The normalized spacial score (nSPS) is 34.7. The maximum atomic E-state index is 14.4. The van der Waals surface area contributed by atoms with Gasteiger partial charge in [-0.2, -0.15) is 0 Å². The van der Waals surface area contributed by atoms with Crippen LogP contribution in [-0.4, -0.2) is 172 Å². The smallest absolute Gasteiger partial charge is 0.412 e. The predicted molar refractivity (Wildman–Crippen MR) is 426 cm³/mol. The molecule has 12 rings (SSSR count). The van der Waals surface area contributed by atoms with Crippen LogP contribution in [0, 0.1) is 65.1 Å². The molecule has 115 heavy (non-hydrogen) atoms. The fourth-order valence-corrected chi connectivity index (χ4v) is 15.9. The summed E-state index contributed by atoms with van der Waals surface area (Å²) in [6.07, 6.45) is -13.4. The molecule has 0 saturated carbocycles. The molecule has 1 N–H and O–H groups in total. The molecule has 6 heterocycles. The summed E-state index contributed by atoms with van der Waals surface area (Å²) in [5.74, 6) is -1.39. The van der Waals surface area contributed by atoms with Gasteiger partial charge in [-0.15, -0.1) is 0 Å². The van der Waals surface area contributed by atoms with Gasteiger partial charge in [0.05, 0.1) is 87.8 Å². The predicted octanol–water partition coefficient (Wildman–Crippen LogP) is 15.2. The highest BCUT2D eigenvalue weighted by Gasteiger charge is 2.55. The fraction of sp³-hybridized carbons (Fsp3) is 0.565. The molecule has 6 aliphatic rings. The van der Waals surface area contributed by atoms with E-state index in [1.165, 1.54) is 12.0 Å². The maximum absolute atomic E-state index is 14.4. The second kappa shape index (κ2) is 42.2. The lowest BCUT2D eigenvalue weighted by Crippen LogP contribution is -2.62. The Morgan fingerprint density at radius 2 is 0.904 bits per heavy atom. The number of ether oxygens (including phenoxy) is 17. The van der Waals surface area contributed by atoms with Gasteiger partial charge in [0.15, 0.2) is 56.1 Å². The van der Waals surface area contributed by atoms with Crippen molar-refractivity contribution in [3.05, 3.63) is 215 Å². The molecule has 6 aromatic carbocycles. The van der Waals surface area contributed by atoms with Crippen LogP contribution < -0.4 is 0 Å². The van der Waals surface area contributed by atoms with Crippen molar-refractivity contribution in [2.24, 2.45) is 65.1 Å². The van der Waals surface area contributed by atoms with Crippen LogP contribution in [0.3, 0.4) is 0 Å². The average Bonchev–Trinajstić information content (AvgIpc) is 0.779. The third-order valence-electron chi connectivity index (χ3n) is 24.9. The van der Waals surface area contributed by atoms with Crippen molar-refractivity contribution in [1.29, 1.82) is 0 Å². The first kappa shape index (κ1) is 88.3. The number of aliphatic hydroxyl groups excluding tert-OH is 1. The molecule has 0 bridgehead atoms. The molecule has 626 valence electrons. The summed E-state index contributed by atoms with van der Waals surface area (Å²) in [5.41, 5.74) is 4.32. The standard InChI is InChI=1S/C73H87NO16.C19H34O6/c1-46-47(2)65(79-42-56-31-19-11-20-32-56)71(84-51(46)6)90-63-50(5)66(88-68(75)58-35-23-13-24-36-58)72(86-61(63)44-78-41-55-29-17-10-18-30-55)85-60-39-62(82-52(7)48(60)3)87-64-49(4)53(8)83-70(67(64)89-69(76)59-37-25-14-26-38-59)81-45-74(40-54-27-15-9-16-28-54)73(77)80-43-57-33-21-12-22-34-57;1-9-11(3)15(24-17(20)13(9)5)8-23-19-14(6)10(2)12(4)16(25-19)18(21)22-7/h9-38,46-53,60-67,70-72H,39-45H2,1-8H3;9-17,19-20H,8H2,1-7H3/t46-,47+,48+,49+,50+,51?,52?,53?,60-,61?,62+,63+,64+,65?,66?,67?,70-,71-,72-;9-,10-,11-,12-,13?,14?,15?,16?,17-,19-/m10/s1. The molecule has 6 aromatic rings. The van der Waals surface area contributed by atoms with Gasteiger partial charge in [-0.3, -0.25) is 4.90 Å². The Morgan fingerprint density at radius 3 is 1.50 bits per heavy atom. The van der Waals surface area contributed by atoms with Gasteiger partial charge in [-0.05, 0) is 103 Å². The highest BCUT2D eigenvalue weighted by atomic mass is 16.8. The topological polar surface area (TPSA) is 249 Å². The van der Waals surface area contributed by atoms with E-state index in [-0.39, 0.29) is 98.4 Å². The lowest BCUT2D eigenvalue weighted by Gasteiger charge is -2.50. The van der Waals surface area contributed by atoms with Crippen molar-refractivity contribution >= 4 is 24.0 Å². The summed E-state index contributed by atoms with van der Waals surface area (Å²) < 4.78 is 110. The number of carbonyl (C=O) groups is 4. The van der Waals surface area contributed by atoms with Crippen LogP contribution in [0.2, 0.25) is 0 Å². The van der Waals surface area contributed by atoms with Gasteiger partial charge in [-0.1, -0.05) is 234 Å². The third kappa shape index (κ3) is 23.0. The number of esters is 3. The number of carbonyl (C=O) groups excluding carboxylic acids is 4. The van der Waals surface area contributed by atoms with E-state index in [1.807, 2.05) is 182 Å². The molecule has 6 saturated heterocycles. The van der Waals surface area contributed by atoms with Crippen molar-refractivity contribution in [2.75, 3.05) is 27.1 Å². The Hall–Kier alpha value is -7.56. The molecule has 0 aliphatic carbocycles. The zero-order valence-corrected chi connectivity index (χ0v) is 69.2. The van der Waals surface area contributed by atoms with Gasteiger partial charge in [-0.25, -0.2) is 19.2 Å². The molecule has 0 spiro atoms. The monoisotopic (exact) mass is 1590 g/mol. The van der Waals surface area contributed by atoms with E-state index in [0.717, 1.165) is 22.3 Å². The van der Waals surface area contributed by atoms with E-state index < -0.39 is 129 Å². The number of benzene rings is 6. The Morgan fingerprint density at radius 1 is 0.391 bits per heavy atom. The second-order valence-electron chi connectivity index (χ2n) is 32.4. The van der Waals surface area contributed by atoms with Crippen LogP contribution in [0.25, 0.3) is 0 Å². The van der Waals surface area contributed by atoms with Gasteiger partial charge < -0.3 is 85.6 Å². The zero-order chi connectivity index (χ0) is 82.0. The van der Waals surface area contributed by atoms with E-state index in [2.05, 4.69) is 48.5 Å². The number of amides is 1. The van der Waals surface area contributed by atoms with E-state index in [0.29, 0.717) is 36.9 Å². The maximum Gasteiger partial charge on any atom is 0.412 e. The summed E-state index contributed by atoms with van der Waals surface area (Å²) in [6, 6.07) is 56.3. The number of aliphatic hydroxyl groups is 1. The summed E-state index contributed by atoms with van der Waals surface area (Å²) in [7, 11) is 1.37. The Kier molecular flexibility index (Phi) is 32.4. The third-order valence-corrected chi connectivity index (χ3v) is 24.9. The van der Waals surface area contributed by atoms with Crippen LogP contribution in [0.15, 0.2) is 182 Å². The molecule has 6 aliphatic heterocycles. The highest BCUT2D eigenvalue weighted by Crippen LogP contribution is 2.43. The van der Waals surface area contributed by atoms with Gasteiger partial charge in [0.2, 0.25) is 0 Å². The lowest BCUT2D eigenvalue weighted by atomic mass is 9.78. The number of hydrogen-bond acceptors (Lipinski definition) is 22. The number of hydrogen-bond donors (Lipinski definition) is 1. The molecule has 23 nitrogen and oxygen atoms in total. The van der Waals surface area contributed by atoms with E-state index in [9.17, 15) is 24.3 Å². The molecule has 6 fully saturated rings. The van der Waals surface area contributed by atoms with Crippen LogP contribution in [0.4, 0.5) is 4.79 Å². The molecule has 0 radical (unpaired) electrons. The van der Waals surface area contributed by atoms with Gasteiger partial charge >= 0.3 is 24.0 Å². The van der Waals surface area contributed by atoms with Crippen LogP contribution in [0.5, 0.6) is 0 Å². The van der Waals surface area contributed by atoms with Crippen molar-refractivity contribution in [2.45, 2.75) is 241 Å². The molecule has 1 amide bonds. The zero-order valence-electron chi connectivity index (χ0n) is 69.2. The minimum atomic E-state index is -1.23. The van der Waals surface area contributed by atoms with E-state index >= 15 is 0 Å². The van der Waals surface area contributed by atoms with Crippen LogP contribution >= 0.6 is 0 Å². The number of rotatable bonds is 28. The Bertz CT molecular complexity index is 3910. The summed E-state index contributed by atoms with van der Waals surface area (Å²) in [4.78, 5) is 56.0. The molecule has 29 atom stereocenters. The first-order valence-corrected chi connectivity index (χ1v) is 41.0. The largest absolute Gasteiger partial charge is 0.467 e. The van der Waals surface area contributed by atoms with Gasteiger partial charge in [0, 0.05) is 36.0 Å². The van der Waals surface area contributed by atoms with E-state index in [4.69, 9.17) is 80.5 Å². The number of nitrogens with zero attached hydrogens (tertiary/aromatic N) is 1. The van der Waals surface area contributed by atoms with Crippen molar-refractivity contribution in [1.82, 2.24) is 4.90 Å². The molecule has 11 unspecified atom stereocenters. The van der Waals surface area contributed by atoms with E-state index in [1.54, 1.807) is 48.5 Å². The van der Waals surface area contributed by atoms with Crippen molar-refractivity contribution in [3.63, 3.8) is 0 Å². The molecular weight excluding hydrogens is 1470 g/mol. The van der Waals surface area contributed by atoms with Gasteiger partial charge in [0.25, 0.3) is 0 Å². The van der Waals surface area contributed by atoms with Crippen LogP contribution in [-0.2, 0) is 112 Å². The quantitative estimate of drug-likeness (QED) is 0.0272. The Balaban J connectivity index is 0.000000443. The Labute approximate surface area is 678 Å². The first-order valence-electron chi connectivity index (χ1n) is 41.0. The summed E-state index contributed by atoms with van der Waals surface area (Å²) >= 11 is 0. The fourth-order valence-electron chi connectivity index (χ4n) is 15.9. The SMILES string of the molecule is CC1O[C@H](O[C@@H]2C(COCc3ccccc3)O[C@@H](O[C@@H]3C[C@H](O[C@@H]4C(OC(=O)c5ccccc5)[C@H](OCN(Cc5ccccc5)C(=O)OCc5ccccc5)OC(C)[C@@H]4C)OC(C)[C@@H]3C)C(OC(=O)c3ccccc3)[C@H]2C)C(OCc2ccccc2)[C@@H](C)[C@H]1C.COC(=O)C1O[C@H](OCC2O[C@H](O)C(C)[C@@H](C)[C@@H]2C)C(C)[C@@H](C)[C@@H]1C. The minimum Gasteiger partial charge on any atom is -0.467 e. The number of methoxy groups -OCH3 is 1. The minimum absolute atomic E-state index is 0.0402. The average molecular weight is 1590 g/mol. The second-order valence-corrected chi connectivity index (χ2v) is 32.4. The van der Waals surface area contributed by atoms with Crippen LogP contribution in [0.1, 0.15) is 146 Å². The van der Waals surface area contributed by atoms with Gasteiger partial charge in [0.1, 0.15) is 31.6 Å². The summed E-state index contributed by atoms with van der Waals surface area (Å²) in [6.45, 7) is 29.6. The van der Waals surface area contributed by atoms with Crippen molar-refractivity contribution in [3.8, 4) is 0 Å². The first-order chi connectivity index (χ1) is 55.3. The molecule has 0 aromatic heterocycles. The van der Waals surface area contributed by atoms with Crippen molar-refractivity contribution < 1.29 is 105 Å². The molecule has 23 heteroatoms.